The molecule has 0 spiro atoms. The SMILES string of the molecule is O=C(O)CCCCCNC(=O)c1cnc(CNC(=O)OCC2c3ccccc3-c3ccccc32)s1. The van der Waals surface area contributed by atoms with Crippen LogP contribution in [0.4, 0.5) is 4.79 Å². The normalized spacial score (nSPS) is 12.0. The lowest BCUT2D eigenvalue weighted by atomic mass is 9.98. The molecule has 1 aliphatic carbocycles. The number of thiazole rings is 1. The molecule has 3 N–H and O–H groups in total. The van der Waals surface area contributed by atoms with E-state index in [4.69, 9.17) is 9.84 Å². The average molecular weight is 494 g/mol. The molecule has 4 rings (SSSR count). The summed E-state index contributed by atoms with van der Waals surface area (Å²) in [5, 5.41) is 14.7. The highest BCUT2D eigenvalue weighted by Gasteiger charge is 2.29. The lowest BCUT2D eigenvalue weighted by Gasteiger charge is -2.14. The maximum absolute atomic E-state index is 12.3. The number of benzene rings is 2. The highest BCUT2D eigenvalue weighted by molar-refractivity contribution is 7.13. The molecule has 9 heteroatoms. The Hall–Kier alpha value is -3.72. The minimum absolute atomic E-state index is 0.00700. The third kappa shape index (κ3) is 6.24. The van der Waals surface area contributed by atoms with Crippen LogP contribution in [-0.4, -0.2) is 41.2 Å². The number of nitrogens with zero attached hydrogens (tertiary/aromatic N) is 1. The molecular formula is C26H27N3O5S. The second-order valence-corrected chi connectivity index (χ2v) is 9.37. The van der Waals surface area contributed by atoms with Crippen molar-refractivity contribution >= 4 is 29.3 Å². The molecule has 0 saturated heterocycles. The number of ether oxygens (including phenoxy) is 1. The van der Waals surface area contributed by atoms with Crippen LogP contribution in [0.25, 0.3) is 11.1 Å². The second-order valence-electron chi connectivity index (χ2n) is 8.26. The van der Waals surface area contributed by atoms with Crippen LogP contribution in [0.5, 0.6) is 0 Å². The number of aliphatic carboxylic acids is 1. The van der Waals surface area contributed by atoms with E-state index < -0.39 is 12.1 Å². The van der Waals surface area contributed by atoms with Gasteiger partial charge in [0.1, 0.15) is 16.5 Å². The highest BCUT2D eigenvalue weighted by Crippen LogP contribution is 2.44. The molecule has 0 bridgehead atoms. The number of carboxylic acid groups (broad SMARTS) is 1. The zero-order chi connectivity index (χ0) is 24.6. The van der Waals surface area contributed by atoms with Crippen molar-refractivity contribution in [2.75, 3.05) is 13.2 Å². The van der Waals surface area contributed by atoms with E-state index in [2.05, 4.69) is 39.9 Å². The van der Waals surface area contributed by atoms with Gasteiger partial charge in [0, 0.05) is 18.9 Å². The Morgan fingerprint density at radius 3 is 2.31 bits per heavy atom. The van der Waals surface area contributed by atoms with Crippen LogP contribution in [0, 0.1) is 0 Å². The molecule has 0 unspecified atom stereocenters. The monoisotopic (exact) mass is 493 g/mol. The number of carbonyl (C=O) groups is 3. The molecule has 182 valence electrons. The van der Waals surface area contributed by atoms with Crippen LogP contribution >= 0.6 is 11.3 Å². The minimum atomic E-state index is -0.807. The third-order valence-electron chi connectivity index (χ3n) is 5.86. The molecule has 0 fully saturated rings. The van der Waals surface area contributed by atoms with E-state index in [-0.39, 0.29) is 31.4 Å². The molecule has 0 radical (unpaired) electrons. The van der Waals surface area contributed by atoms with Crippen molar-refractivity contribution in [2.24, 2.45) is 0 Å². The summed E-state index contributed by atoms with van der Waals surface area (Å²) >= 11 is 1.21. The molecule has 2 amide bonds. The van der Waals surface area contributed by atoms with Crippen LogP contribution in [0.2, 0.25) is 0 Å². The number of carbonyl (C=O) groups excluding carboxylic acids is 2. The van der Waals surface area contributed by atoms with Gasteiger partial charge >= 0.3 is 12.1 Å². The molecule has 1 aliphatic rings. The summed E-state index contributed by atoms with van der Waals surface area (Å²) in [4.78, 5) is 39.7. The molecule has 2 aromatic carbocycles. The largest absolute Gasteiger partial charge is 0.481 e. The summed E-state index contributed by atoms with van der Waals surface area (Å²) in [6.45, 7) is 0.880. The summed E-state index contributed by atoms with van der Waals surface area (Å²) < 4.78 is 5.53. The summed E-state index contributed by atoms with van der Waals surface area (Å²) in [7, 11) is 0. The summed E-state index contributed by atoms with van der Waals surface area (Å²) in [5.74, 6) is -1.04. The van der Waals surface area contributed by atoms with E-state index in [1.165, 1.54) is 28.7 Å². The molecule has 8 nitrogen and oxygen atoms in total. The molecule has 3 aromatic rings. The Balaban J connectivity index is 1.21. The van der Waals surface area contributed by atoms with Crippen molar-refractivity contribution in [3.8, 4) is 11.1 Å². The quantitative estimate of drug-likeness (QED) is 0.337. The Morgan fingerprint density at radius 1 is 0.943 bits per heavy atom. The van der Waals surface area contributed by atoms with Gasteiger partial charge in [-0.15, -0.1) is 11.3 Å². The van der Waals surface area contributed by atoms with Gasteiger partial charge in [0.2, 0.25) is 0 Å². The zero-order valence-electron chi connectivity index (χ0n) is 19.2. The Kier molecular flexibility index (Phi) is 8.10. The first-order valence-electron chi connectivity index (χ1n) is 11.6. The number of rotatable bonds is 11. The van der Waals surface area contributed by atoms with Crippen LogP contribution in [0.3, 0.4) is 0 Å². The third-order valence-corrected chi connectivity index (χ3v) is 6.85. The first-order valence-corrected chi connectivity index (χ1v) is 12.4. The predicted octanol–water partition coefficient (Wildman–Crippen LogP) is 4.56. The Morgan fingerprint density at radius 2 is 1.63 bits per heavy atom. The van der Waals surface area contributed by atoms with Gasteiger partial charge in [-0.05, 0) is 35.1 Å². The fourth-order valence-corrected chi connectivity index (χ4v) is 4.94. The number of aromatic nitrogens is 1. The molecule has 0 saturated carbocycles. The van der Waals surface area contributed by atoms with E-state index in [1.54, 1.807) is 0 Å². The molecule has 1 aromatic heterocycles. The number of carboxylic acids is 1. The summed E-state index contributed by atoms with van der Waals surface area (Å²) in [6, 6.07) is 16.3. The van der Waals surface area contributed by atoms with Gasteiger partial charge in [-0.2, -0.15) is 0 Å². The van der Waals surface area contributed by atoms with Crippen LogP contribution < -0.4 is 10.6 Å². The topological polar surface area (TPSA) is 118 Å². The lowest BCUT2D eigenvalue weighted by Crippen LogP contribution is -2.25. The van der Waals surface area contributed by atoms with Crippen molar-refractivity contribution < 1.29 is 24.2 Å². The molecular weight excluding hydrogens is 466 g/mol. The Labute approximate surface area is 207 Å². The van der Waals surface area contributed by atoms with Gasteiger partial charge in [0.05, 0.1) is 12.7 Å². The predicted molar refractivity (Wildman–Crippen MR) is 132 cm³/mol. The van der Waals surface area contributed by atoms with Gasteiger partial charge in [0.15, 0.2) is 0 Å². The van der Waals surface area contributed by atoms with Gasteiger partial charge in [-0.25, -0.2) is 9.78 Å². The van der Waals surface area contributed by atoms with Crippen LogP contribution in [0.1, 0.15) is 57.4 Å². The van der Waals surface area contributed by atoms with Gasteiger partial charge in [0.25, 0.3) is 5.91 Å². The fraction of sp³-hybridized carbons (Fsp3) is 0.308. The molecule has 35 heavy (non-hydrogen) atoms. The van der Waals surface area contributed by atoms with Gasteiger partial charge in [-0.3, -0.25) is 9.59 Å². The first-order chi connectivity index (χ1) is 17.0. The number of hydrogen-bond acceptors (Lipinski definition) is 6. The van der Waals surface area contributed by atoms with E-state index >= 15 is 0 Å². The summed E-state index contributed by atoms with van der Waals surface area (Å²) in [5.41, 5.74) is 4.65. The number of amides is 2. The highest BCUT2D eigenvalue weighted by atomic mass is 32.1. The Bertz CT molecular complexity index is 1160. The van der Waals surface area contributed by atoms with Crippen LogP contribution in [-0.2, 0) is 16.1 Å². The van der Waals surface area contributed by atoms with Crippen molar-refractivity contribution in [3.63, 3.8) is 0 Å². The van der Waals surface area contributed by atoms with Gasteiger partial charge < -0.3 is 20.5 Å². The van der Waals surface area contributed by atoms with E-state index in [1.807, 2.05) is 24.3 Å². The fourth-order valence-electron chi connectivity index (χ4n) is 4.16. The number of hydrogen-bond donors (Lipinski definition) is 3. The van der Waals surface area contributed by atoms with Crippen molar-refractivity contribution in [1.29, 1.82) is 0 Å². The molecule has 1 heterocycles. The number of fused-ring (bicyclic) bond motifs is 3. The second kappa shape index (κ2) is 11.6. The summed E-state index contributed by atoms with van der Waals surface area (Å²) in [6.07, 6.45) is 3.15. The van der Waals surface area contributed by atoms with E-state index in [9.17, 15) is 14.4 Å². The zero-order valence-corrected chi connectivity index (χ0v) is 20.0. The number of alkyl carbamates (subject to hydrolysis) is 1. The van der Waals surface area contributed by atoms with Crippen LogP contribution in [0.15, 0.2) is 54.7 Å². The maximum atomic E-state index is 12.3. The van der Waals surface area contributed by atoms with Crippen molar-refractivity contribution in [3.05, 3.63) is 75.7 Å². The molecule has 0 aliphatic heterocycles. The van der Waals surface area contributed by atoms with E-state index in [0.717, 1.165) is 17.5 Å². The van der Waals surface area contributed by atoms with E-state index in [0.29, 0.717) is 29.3 Å². The first kappa shape index (κ1) is 24.4. The number of unbranched alkanes of at least 4 members (excludes halogenated alkanes) is 2. The van der Waals surface area contributed by atoms with Gasteiger partial charge in [-0.1, -0.05) is 55.0 Å². The standard InChI is InChI=1S/C26H27N3O5S/c30-24(31)12-2-1-7-13-27-25(32)22-14-28-23(35-22)15-29-26(33)34-16-21-19-10-5-3-8-17(19)18-9-4-6-11-20(18)21/h3-6,8-11,14,21H,1-2,7,12-13,15-16H2,(H,27,32)(H,29,33)(H,30,31). The lowest BCUT2D eigenvalue weighted by molar-refractivity contribution is -0.137. The maximum Gasteiger partial charge on any atom is 0.407 e. The minimum Gasteiger partial charge on any atom is -0.481 e. The van der Waals surface area contributed by atoms with Crippen molar-refractivity contribution in [2.45, 2.75) is 38.1 Å². The molecule has 0 atom stereocenters. The smallest absolute Gasteiger partial charge is 0.407 e. The average Bonchev–Trinajstić information content (AvgIpc) is 3.46. The number of nitrogens with one attached hydrogen (secondary N) is 2. The van der Waals surface area contributed by atoms with Crippen molar-refractivity contribution in [1.82, 2.24) is 15.6 Å².